The van der Waals surface area contributed by atoms with E-state index < -0.39 is 0 Å². The summed E-state index contributed by atoms with van der Waals surface area (Å²) in [6.07, 6.45) is 0. The fourth-order valence-corrected chi connectivity index (χ4v) is 4.46. The van der Waals surface area contributed by atoms with Gasteiger partial charge >= 0.3 is 0 Å². The predicted molar refractivity (Wildman–Crippen MR) is 108 cm³/mol. The van der Waals surface area contributed by atoms with E-state index in [1.54, 1.807) is 11.9 Å². The molecule has 0 unspecified atom stereocenters. The summed E-state index contributed by atoms with van der Waals surface area (Å²) in [6.45, 7) is 0. The van der Waals surface area contributed by atoms with Crippen LogP contribution in [-0.2, 0) is 4.79 Å². The first-order valence-corrected chi connectivity index (χ1v) is 9.73. The fraction of sp³-hybridized carbons (Fsp3) is 0.0526. The van der Waals surface area contributed by atoms with Crippen molar-refractivity contribution in [3.63, 3.8) is 0 Å². The Kier molecular flexibility index (Phi) is 3.53. The van der Waals surface area contributed by atoms with Crippen molar-refractivity contribution in [2.24, 2.45) is 0 Å². The van der Waals surface area contributed by atoms with Crippen LogP contribution in [0.4, 0.5) is 5.69 Å². The molecule has 4 aromatic rings. The summed E-state index contributed by atoms with van der Waals surface area (Å²) in [5.41, 5.74) is 2.48. The highest BCUT2D eigenvalue weighted by atomic mass is 79.9. The molecule has 0 bridgehead atoms. The molecule has 0 spiro atoms. The minimum atomic E-state index is -0.320. The maximum absolute atomic E-state index is 12.9. The number of rotatable bonds is 1. The minimum absolute atomic E-state index is 0.189. The van der Waals surface area contributed by atoms with E-state index >= 15 is 0 Å². The smallest absolute Gasteiger partial charge is 0.291 e. The third kappa shape index (κ3) is 2.37. The fourth-order valence-electron chi connectivity index (χ4n) is 3.20. The number of nitrogens with zero attached hydrogens (tertiary/aromatic N) is 4. The van der Waals surface area contributed by atoms with E-state index in [9.17, 15) is 9.59 Å². The highest BCUT2D eigenvalue weighted by Crippen LogP contribution is 2.33. The number of fused-ring (bicyclic) bond motifs is 2. The Hall–Kier alpha value is -2.84. The molecule has 1 aliphatic heterocycles. The molecule has 2 aromatic heterocycles. The number of halogens is 1. The lowest BCUT2D eigenvalue weighted by Gasteiger charge is -2.07. The van der Waals surface area contributed by atoms with Gasteiger partial charge in [-0.3, -0.25) is 9.59 Å². The second-order valence-corrected chi connectivity index (χ2v) is 8.02. The summed E-state index contributed by atoms with van der Waals surface area (Å²) in [4.78, 5) is 32.2. The molecule has 8 heteroatoms. The number of aromatic nitrogens is 3. The number of hydrogen-bond donors (Lipinski definition) is 0. The van der Waals surface area contributed by atoms with Gasteiger partial charge in [0.1, 0.15) is 4.53 Å². The van der Waals surface area contributed by atoms with Crippen LogP contribution < -0.4 is 15.0 Å². The van der Waals surface area contributed by atoms with E-state index in [-0.39, 0.29) is 11.5 Å². The number of amides is 1. The van der Waals surface area contributed by atoms with Crippen LogP contribution in [0, 0.1) is 0 Å². The minimum Gasteiger partial charge on any atom is -0.311 e. The maximum atomic E-state index is 12.9. The van der Waals surface area contributed by atoms with E-state index in [0.717, 1.165) is 21.3 Å². The quantitative estimate of drug-likeness (QED) is 0.457. The first-order valence-electron chi connectivity index (χ1n) is 8.12. The van der Waals surface area contributed by atoms with Gasteiger partial charge in [-0.15, -0.1) is 5.10 Å². The predicted octanol–water partition coefficient (Wildman–Crippen LogP) is 2.47. The zero-order chi connectivity index (χ0) is 18.7. The zero-order valence-corrected chi connectivity index (χ0v) is 16.4. The van der Waals surface area contributed by atoms with Crippen molar-refractivity contribution in [3.8, 4) is 11.4 Å². The lowest BCUT2D eigenvalue weighted by Crippen LogP contribution is -2.30. The van der Waals surface area contributed by atoms with Crippen LogP contribution in [0.5, 0.6) is 0 Å². The monoisotopic (exact) mass is 438 g/mol. The molecule has 6 nitrogen and oxygen atoms in total. The summed E-state index contributed by atoms with van der Waals surface area (Å²) < 4.78 is 2.60. The molecule has 0 saturated heterocycles. The molecule has 0 saturated carbocycles. The second-order valence-electron chi connectivity index (χ2n) is 6.13. The molecular weight excluding hydrogens is 428 g/mol. The summed E-state index contributed by atoms with van der Waals surface area (Å²) in [7, 11) is 1.71. The van der Waals surface area contributed by atoms with Crippen molar-refractivity contribution in [1.29, 1.82) is 0 Å². The lowest BCUT2D eigenvalue weighted by atomic mass is 10.1. The van der Waals surface area contributed by atoms with E-state index in [2.05, 4.69) is 26.0 Å². The van der Waals surface area contributed by atoms with Crippen LogP contribution in [0.15, 0.2) is 57.8 Å². The second kappa shape index (κ2) is 5.83. The topological polar surface area (TPSA) is 67.6 Å². The molecule has 1 aliphatic rings. The third-order valence-electron chi connectivity index (χ3n) is 4.54. The SMILES string of the molecule is CN1C(=O)/C(=c2\sc3nc(-c4ccc(Br)cc4)nn3c2=O)c2ccccc21. The van der Waals surface area contributed by atoms with Crippen molar-refractivity contribution < 1.29 is 4.79 Å². The molecule has 2 aromatic carbocycles. The number of benzene rings is 2. The van der Waals surface area contributed by atoms with Gasteiger partial charge in [-0.2, -0.15) is 9.50 Å². The van der Waals surface area contributed by atoms with Crippen molar-refractivity contribution in [3.05, 3.63) is 73.5 Å². The van der Waals surface area contributed by atoms with Gasteiger partial charge in [-0.1, -0.05) is 57.6 Å². The molecule has 3 heterocycles. The van der Waals surface area contributed by atoms with Crippen LogP contribution in [-0.4, -0.2) is 27.6 Å². The van der Waals surface area contributed by atoms with E-state index in [0.29, 0.717) is 20.9 Å². The summed E-state index contributed by atoms with van der Waals surface area (Å²) in [5.74, 6) is 0.295. The van der Waals surface area contributed by atoms with Gasteiger partial charge in [0.2, 0.25) is 4.96 Å². The number of hydrogen-bond acceptors (Lipinski definition) is 5. The van der Waals surface area contributed by atoms with E-state index in [4.69, 9.17) is 0 Å². The number of carbonyl (C=O) groups excluding carboxylic acids is 1. The first kappa shape index (κ1) is 16.3. The first-order chi connectivity index (χ1) is 13.0. The summed E-state index contributed by atoms with van der Waals surface area (Å²) >= 11 is 4.59. The largest absolute Gasteiger partial charge is 0.311 e. The Labute approximate surface area is 165 Å². The molecule has 132 valence electrons. The molecule has 0 fully saturated rings. The third-order valence-corrected chi connectivity index (χ3v) is 6.10. The molecule has 0 radical (unpaired) electrons. The molecule has 5 rings (SSSR count). The average Bonchev–Trinajstić information content (AvgIpc) is 3.29. The molecule has 0 N–H and O–H groups in total. The Balaban J connectivity index is 1.75. The van der Waals surface area contributed by atoms with Crippen molar-refractivity contribution in [2.45, 2.75) is 0 Å². The number of likely N-dealkylation sites (N-methyl/N-ethyl adjacent to an activating group) is 1. The van der Waals surface area contributed by atoms with Crippen molar-refractivity contribution >= 4 is 49.4 Å². The number of anilines is 1. The van der Waals surface area contributed by atoms with Gasteiger partial charge in [-0.05, 0) is 18.2 Å². The van der Waals surface area contributed by atoms with Crippen LogP contribution >= 0.6 is 27.3 Å². The summed E-state index contributed by atoms with van der Waals surface area (Å²) in [6, 6.07) is 15.0. The number of thiazole rings is 1. The molecule has 1 amide bonds. The Bertz CT molecular complexity index is 1340. The average molecular weight is 439 g/mol. The normalized spacial score (nSPS) is 15.6. The zero-order valence-electron chi connectivity index (χ0n) is 14.0. The van der Waals surface area contributed by atoms with Gasteiger partial charge in [0, 0.05) is 22.6 Å². The molecule has 0 atom stereocenters. The van der Waals surface area contributed by atoms with Gasteiger partial charge in [0.15, 0.2) is 5.82 Å². The molecular formula is C19H11BrN4O2S. The van der Waals surface area contributed by atoms with E-state index in [1.165, 1.54) is 15.9 Å². The Morgan fingerprint density at radius 1 is 1.04 bits per heavy atom. The van der Waals surface area contributed by atoms with Crippen LogP contribution in [0.3, 0.4) is 0 Å². The Morgan fingerprint density at radius 3 is 2.52 bits per heavy atom. The van der Waals surface area contributed by atoms with Crippen molar-refractivity contribution in [1.82, 2.24) is 14.6 Å². The highest BCUT2D eigenvalue weighted by Gasteiger charge is 2.31. The highest BCUT2D eigenvalue weighted by molar-refractivity contribution is 9.10. The van der Waals surface area contributed by atoms with Crippen molar-refractivity contribution in [2.75, 3.05) is 11.9 Å². The van der Waals surface area contributed by atoms with E-state index in [1.807, 2.05) is 48.5 Å². The molecule has 0 aliphatic carbocycles. The van der Waals surface area contributed by atoms with Gasteiger partial charge in [0.25, 0.3) is 11.5 Å². The van der Waals surface area contributed by atoms with Crippen LogP contribution in [0.2, 0.25) is 0 Å². The van der Waals surface area contributed by atoms with Gasteiger partial charge < -0.3 is 4.90 Å². The maximum Gasteiger partial charge on any atom is 0.291 e. The number of para-hydroxylation sites is 1. The van der Waals surface area contributed by atoms with Gasteiger partial charge in [-0.25, -0.2) is 0 Å². The lowest BCUT2D eigenvalue weighted by molar-refractivity contribution is -0.112. The standard InChI is InChI=1S/C19H11BrN4O2S/c1-23-13-5-3-2-4-12(13)14(17(23)25)15-18(26)24-19(27-15)21-16(22-24)10-6-8-11(20)9-7-10/h2-9H,1H3/b15-14-. The van der Waals surface area contributed by atoms with Crippen LogP contribution in [0.1, 0.15) is 5.56 Å². The number of carbonyl (C=O) groups is 1. The summed E-state index contributed by atoms with van der Waals surface area (Å²) in [5, 5.41) is 4.35. The molecule has 27 heavy (non-hydrogen) atoms. The van der Waals surface area contributed by atoms with Gasteiger partial charge in [0.05, 0.1) is 11.3 Å². The Morgan fingerprint density at radius 2 is 1.78 bits per heavy atom. The van der Waals surface area contributed by atoms with Crippen LogP contribution in [0.25, 0.3) is 21.9 Å².